The Labute approximate surface area is 102 Å². The van der Waals surface area contributed by atoms with E-state index in [0.29, 0.717) is 5.69 Å². The lowest BCUT2D eigenvalue weighted by atomic mass is 10.2. The molecule has 1 heterocycles. The maximum absolute atomic E-state index is 12.9. The molecule has 88 valence electrons. The zero-order chi connectivity index (χ0) is 12.4. The molecule has 17 heavy (non-hydrogen) atoms. The number of benzene rings is 1. The van der Waals surface area contributed by atoms with Crippen molar-refractivity contribution in [2.45, 2.75) is 6.92 Å². The first-order chi connectivity index (χ1) is 8.04. The van der Waals surface area contributed by atoms with Crippen molar-refractivity contribution >= 4 is 29.2 Å². The van der Waals surface area contributed by atoms with E-state index in [9.17, 15) is 4.39 Å². The van der Waals surface area contributed by atoms with Crippen LogP contribution in [0.2, 0.25) is 5.28 Å². The minimum absolute atomic E-state index is 0.000218. The molecule has 5 nitrogen and oxygen atoms in total. The summed E-state index contributed by atoms with van der Waals surface area (Å²) < 4.78 is 12.9. The molecule has 2 rings (SSSR count). The number of halogens is 2. The lowest BCUT2D eigenvalue weighted by Gasteiger charge is -2.08. The molecule has 0 radical (unpaired) electrons. The van der Waals surface area contributed by atoms with Crippen LogP contribution >= 0.6 is 11.6 Å². The number of nitrogens with zero attached hydrogens (tertiary/aromatic N) is 3. The number of hydrogen-bond acceptors (Lipinski definition) is 5. The Balaban J connectivity index is 2.31. The topological polar surface area (TPSA) is 76.7 Å². The molecule has 2 aromatic rings. The van der Waals surface area contributed by atoms with Gasteiger partial charge in [0.2, 0.25) is 17.2 Å². The largest absolute Gasteiger partial charge is 0.368 e. The van der Waals surface area contributed by atoms with Gasteiger partial charge in [-0.1, -0.05) is 0 Å². The molecular weight excluding hydrogens is 245 g/mol. The number of rotatable bonds is 2. The lowest BCUT2D eigenvalue weighted by Crippen LogP contribution is -2.04. The molecule has 1 aromatic heterocycles. The average Bonchev–Trinajstić information content (AvgIpc) is 2.21. The normalized spacial score (nSPS) is 10.3. The van der Waals surface area contributed by atoms with Crippen molar-refractivity contribution in [3.05, 3.63) is 34.9 Å². The first-order valence-electron chi connectivity index (χ1n) is 4.75. The summed E-state index contributed by atoms with van der Waals surface area (Å²) in [4.78, 5) is 11.3. The van der Waals surface area contributed by atoms with Gasteiger partial charge < -0.3 is 11.1 Å². The van der Waals surface area contributed by atoms with Crippen LogP contribution in [0.1, 0.15) is 5.56 Å². The Morgan fingerprint density at radius 1 is 1.29 bits per heavy atom. The molecule has 0 fully saturated rings. The standard InChI is InChI=1S/C10H9ClFN5/c1-5-4-6(12)2-3-7(5)14-10-16-8(11)15-9(13)17-10/h2-4H,1H3,(H3,13,14,15,16,17). The molecule has 1 aromatic carbocycles. The second kappa shape index (κ2) is 4.50. The van der Waals surface area contributed by atoms with Crippen LogP contribution in [-0.4, -0.2) is 15.0 Å². The van der Waals surface area contributed by atoms with E-state index in [2.05, 4.69) is 20.3 Å². The molecule has 7 heteroatoms. The van der Waals surface area contributed by atoms with E-state index < -0.39 is 0 Å². The van der Waals surface area contributed by atoms with Gasteiger partial charge in [0, 0.05) is 5.69 Å². The number of aryl methyl sites for hydroxylation is 1. The zero-order valence-corrected chi connectivity index (χ0v) is 9.66. The summed E-state index contributed by atoms with van der Waals surface area (Å²) in [6.45, 7) is 1.76. The summed E-state index contributed by atoms with van der Waals surface area (Å²) in [6.07, 6.45) is 0. The van der Waals surface area contributed by atoms with E-state index in [1.807, 2.05) is 0 Å². The van der Waals surface area contributed by atoms with E-state index in [1.54, 1.807) is 13.0 Å². The van der Waals surface area contributed by atoms with Crippen LogP contribution < -0.4 is 11.1 Å². The molecule has 0 spiro atoms. The summed E-state index contributed by atoms with van der Waals surface area (Å²) in [5, 5.41) is 2.89. The minimum atomic E-state index is -0.304. The van der Waals surface area contributed by atoms with Crippen molar-refractivity contribution < 1.29 is 4.39 Å². The number of anilines is 3. The Bertz CT molecular complexity index is 540. The second-order valence-corrected chi connectivity index (χ2v) is 3.71. The summed E-state index contributed by atoms with van der Waals surface area (Å²) in [6, 6.07) is 4.31. The second-order valence-electron chi connectivity index (χ2n) is 3.37. The fraction of sp³-hybridized carbons (Fsp3) is 0.100. The van der Waals surface area contributed by atoms with Gasteiger partial charge in [-0.2, -0.15) is 15.0 Å². The molecule has 0 aliphatic rings. The minimum Gasteiger partial charge on any atom is -0.368 e. The van der Waals surface area contributed by atoms with Crippen LogP contribution in [0.25, 0.3) is 0 Å². The van der Waals surface area contributed by atoms with E-state index in [0.717, 1.165) is 5.56 Å². The SMILES string of the molecule is Cc1cc(F)ccc1Nc1nc(N)nc(Cl)n1. The number of hydrogen-bond donors (Lipinski definition) is 2. The van der Waals surface area contributed by atoms with Gasteiger partial charge in [0.05, 0.1) is 0 Å². The maximum Gasteiger partial charge on any atom is 0.233 e. The molecule has 0 bridgehead atoms. The fourth-order valence-corrected chi connectivity index (χ4v) is 1.48. The Morgan fingerprint density at radius 3 is 2.71 bits per heavy atom. The van der Waals surface area contributed by atoms with Gasteiger partial charge in [-0.25, -0.2) is 4.39 Å². The van der Waals surface area contributed by atoms with Crippen molar-refractivity contribution in [1.29, 1.82) is 0 Å². The third kappa shape index (κ3) is 2.79. The van der Waals surface area contributed by atoms with Crippen molar-refractivity contribution in [2.24, 2.45) is 0 Å². The predicted molar refractivity (Wildman–Crippen MR) is 63.7 cm³/mol. The van der Waals surface area contributed by atoms with Crippen molar-refractivity contribution in [1.82, 2.24) is 15.0 Å². The highest BCUT2D eigenvalue weighted by Crippen LogP contribution is 2.19. The number of aromatic nitrogens is 3. The smallest absolute Gasteiger partial charge is 0.233 e. The van der Waals surface area contributed by atoms with Crippen molar-refractivity contribution in [2.75, 3.05) is 11.1 Å². The van der Waals surface area contributed by atoms with Gasteiger partial charge >= 0.3 is 0 Å². The van der Waals surface area contributed by atoms with Gasteiger partial charge in [0.15, 0.2) is 0 Å². The first-order valence-corrected chi connectivity index (χ1v) is 5.12. The molecule has 0 unspecified atom stereocenters. The average molecular weight is 254 g/mol. The summed E-state index contributed by atoms with van der Waals surface area (Å²) >= 11 is 5.64. The van der Waals surface area contributed by atoms with Crippen LogP contribution in [-0.2, 0) is 0 Å². The van der Waals surface area contributed by atoms with E-state index >= 15 is 0 Å². The zero-order valence-electron chi connectivity index (χ0n) is 8.91. The molecule has 3 N–H and O–H groups in total. The van der Waals surface area contributed by atoms with Crippen LogP contribution in [0.15, 0.2) is 18.2 Å². The highest BCUT2D eigenvalue weighted by Gasteiger charge is 2.05. The number of nitrogens with one attached hydrogen (secondary N) is 1. The fourth-order valence-electron chi connectivity index (χ4n) is 1.31. The first kappa shape index (κ1) is 11.5. The third-order valence-corrected chi connectivity index (χ3v) is 2.23. The molecule has 0 atom stereocenters. The van der Waals surface area contributed by atoms with Gasteiger partial charge in [-0.3, -0.25) is 0 Å². The molecule has 0 amide bonds. The lowest BCUT2D eigenvalue weighted by molar-refractivity contribution is 0.627. The maximum atomic E-state index is 12.9. The van der Waals surface area contributed by atoms with Crippen molar-refractivity contribution in [3.8, 4) is 0 Å². The van der Waals surface area contributed by atoms with E-state index in [-0.39, 0.29) is 23.0 Å². The highest BCUT2D eigenvalue weighted by molar-refractivity contribution is 6.28. The molecule has 0 saturated carbocycles. The van der Waals surface area contributed by atoms with Crippen LogP contribution in [0, 0.1) is 12.7 Å². The monoisotopic (exact) mass is 253 g/mol. The van der Waals surface area contributed by atoms with Crippen LogP contribution in [0.5, 0.6) is 0 Å². The molecular formula is C10H9ClFN5. The van der Waals surface area contributed by atoms with Gasteiger partial charge in [-0.15, -0.1) is 0 Å². The highest BCUT2D eigenvalue weighted by atomic mass is 35.5. The molecule has 0 aliphatic heterocycles. The summed E-state index contributed by atoms with van der Waals surface area (Å²) in [5.41, 5.74) is 6.83. The Morgan fingerprint density at radius 2 is 2.06 bits per heavy atom. The van der Waals surface area contributed by atoms with Crippen LogP contribution in [0.3, 0.4) is 0 Å². The quantitative estimate of drug-likeness (QED) is 0.859. The third-order valence-electron chi connectivity index (χ3n) is 2.06. The van der Waals surface area contributed by atoms with Crippen LogP contribution in [0.4, 0.5) is 22.0 Å². The summed E-state index contributed by atoms with van der Waals surface area (Å²) in [5.74, 6) is -0.0642. The molecule has 0 saturated heterocycles. The van der Waals surface area contributed by atoms with E-state index in [1.165, 1.54) is 12.1 Å². The molecule has 0 aliphatic carbocycles. The van der Waals surface area contributed by atoms with Gasteiger partial charge in [0.1, 0.15) is 5.82 Å². The van der Waals surface area contributed by atoms with Gasteiger partial charge in [-0.05, 0) is 42.3 Å². The van der Waals surface area contributed by atoms with E-state index in [4.69, 9.17) is 17.3 Å². The number of nitrogen functional groups attached to an aromatic ring is 1. The predicted octanol–water partition coefficient (Wildman–Crippen LogP) is 2.30. The summed E-state index contributed by atoms with van der Waals surface area (Å²) in [7, 11) is 0. The van der Waals surface area contributed by atoms with Gasteiger partial charge in [0.25, 0.3) is 0 Å². The number of nitrogens with two attached hydrogens (primary N) is 1. The Hall–Kier alpha value is -1.95. The van der Waals surface area contributed by atoms with Crippen molar-refractivity contribution in [3.63, 3.8) is 0 Å². The Kier molecular flexibility index (Phi) is 3.06.